The minimum atomic E-state index is -0.0744. The molecule has 118 valence electrons. The Hall–Kier alpha value is -0.640. The van der Waals surface area contributed by atoms with E-state index in [4.69, 9.17) is 14.2 Å². The van der Waals surface area contributed by atoms with Gasteiger partial charge in [-0.15, -0.1) is 0 Å². The largest absolute Gasteiger partial charge is 0.371 e. The van der Waals surface area contributed by atoms with E-state index in [0.717, 1.165) is 43.3 Å². The number of rotatable bonds is 4. The number of epoxide rings is 2. The summed E-state index contributed by atoms with van der Waals surface area (Å²) in [6.07, 6.45) is 15.8. The molecule has 0 N–H and O–H groups in total. The molecular formula is C19H24O3. The molecule has 3 heteroatoms. The maximum Gasteiger partial charge on any atom is 0.104 e. The van der Waals surface area contributed by atoms with Crippen LogP contribution < -0.4 is 0 Å². The summed E-state index contributed by atoms with van der Waals surface area (Å²) in [6, 6.07) is 0. The van der Waals surface area contributed by atoms with E-state index in [1.165, 1.54) is 19.3 Å². The van der Waals surface area contributed by atoms with Crippen LogP contribution in [-0.2, 0) is 14.2 Å². The van der Waals surface area contributed by atoms with E-state index in [0.29, 0.717) is 24.2 Å². The van der Waals surface area contributed by atoms with E-state index in [-0.39, 0.29) is 5.60 Å². The van der Waals surface area contributed by atoms with Crippen LogP contribution in [0.4, 0.5) is 0 Å². The van der Waals surface area contributed by atoms with Gasteiger partial charge in [0.05, 0.1) is 31.0 Å². The van der Waals surface area contributed by atoms with Crippen LogP contribution >= 0.6 is 0 Å². The Kier molecular flexibility index (Phi) is 2.46. The number of allylic oxidation sites excluding steroid dienone is 2. The van der Waals surface area contributed by atoms with Gasteiger partial charge in [0.25, 0.3) is 0 Å². The summed E-state index contributed by atoms with van der Waals surface area (Å²) in [6.45, 7) is 1.65. The number of hydrogen-bond acceptors (Lipinski definition) is 3. The molecule has 22 heavy (non-hydrogen) atoms. The average Bonchev–Trinajstić information content (AvgIpc) is 3.43. The second-order valence-electron chi connectivity index (χ2n) is 8.27. The summed E-state index contributed by atoms with van der Waals surface area (Å²) < 4.78 is 17.9. The van der Waals surface area contributed by atoms with Gasteiger partial charge in [0.2, 0.25) is 0 Å². The van der Waals surface area contributed by atoms with Crippen molar-refractivity contribution in [3.63, 3.8) is 0 Å². The molecule has 3 saturated carbocycles. The molecule has 6 aliphatic rings. The predicted octanol–water partition coefficient (Wildman–Crippen LogP) is 2.72. The lowest BCUT2D eigenvalue weighted by atomic mass is 9.70. The smallest absolute Gasteiger partial charge is 0.104 e. The highest BCUT2D eigenvalue weighted by atomic mass is 16.6. The van der Waals surface area contributed by atoms with Gasteiger partial charge in [0.15, 0.2) is 0 Å². The van der Waals surface area contributed by atoms with Crippen LogP contribution in [0.25, 0.3) is 0 Å². The maximum absolute atomic E-state index is 6.54. The van der Waals surface area contributed by atoms with Gasteiger partial charge in [-0.05, 0) is 55.3 Å². The van der Waals surface area contributed by atoms with Gasteiger partial charge in [-0.2, -0.15) is 0 Å². The molecule has 9 unspecified atom stereocenters. The monoisotopic (exact) mass is 300 g/mol. The summed E-state index contributed by atoms with van der Waals surface area (Å²) in [5.74, 6) is 4.12. The summed E-state index contributed by atoms with van der Waals surface area (Å²) in [5.41, 5.74) is -0.0744. The molecule has 0 aromatic carbocycles. The molecule has 0 aromatic rings. The number of ether oxygens (including phenoxy) is 3. The highest BCUT2D eigenvalue weighted by Gasteiger charge is 2.70. The average molecular weight is 300 g/mol. The molecule has 0 radical (unpaired) electrons. The molecule has 5 fully saturated rings. The van der Waals surface area contributed by atoms with Crippen molar-refractivity contribution in [1.29, 1.82) is 0 Å². The minimum absolute atomic E-state index is 0.0744. The summed E-state index contributed by atoms with van der Waals surface area (Å²) >= 11 is 0. The van der Waals surface area contributed by atoms with E-state index in [2.05, 4.69) is 24.3 Å². The van der Waals surface area contributed by atoms with Crippen LogP contribution in [0.2, 0.25) is 0 Å². The predicted molar refractivity (Wildman–Crippen MR) is 81.3 cm³/mol. The standard InChI is InChI=1S/C19H24O3/c1-2-6-19(7-3-1,21-10-11-9-20-11)15-5-4-12-13-8-14(16(12)15)18-17(13)22-18/h1-3,6,11-18H,4-5,7-10H2. The molecule has 0 spiro atoms. The van der Waals surface area contributed by atoms with Crippen molar-refractivity contribution in [3.05, 3.63) is 24.3 Å². The fraction of sp³-hybridized carbons (Fsp3) is 0.789. The van der Waals surface area contributed by atoms with Crippen LogP contribution in [-0.4, -0.2) is 37.1 Å². The molecule has 2 bridgehead atoms. The van der Waals surface area contributed by atoms with Crippen molar-refractivity contribution < 1.29 is 14.2 Å². The van der Waals surface area contributed by atoms with Crippen LogP contribution in [0.5, 0.6) is 0 Å². The lowest BCUT2D eigenvalue weighted by molar-refractivity contribution is -0.0737. The van der Waals surface area contributed by atoms with Crippen molar-refractivity contribution in [2.75, 3.05) is 13.2 Å². The molecule has 2 aliphatic heterocycles. The SMILES string of the molecule is C1=CCC(OCC2CO2)(C2CCC3C4CC(C5OC45)C32)C=C1. The molecule has 0 aromatic heterocycles. The maximum atomic E-state index is 6.54. The second-order valence-corrected chi connectivity index (χ2v) is 8.27. The van der Waals surface area contributed by atoms with Gasteiger partial charge < -0.3 is 14.2 Å². The van der Waals surface area contributed by atoms with E-state index in [1.54, 1.807) is 0 Å². The second kappa shape index (κ2) is 4.25. The lowest BCUT2D eigenvalue weighted by Crippen LogP contribution is -2.45. The van der Waals surface area contributed by atoms with Crippen LogP contribution in [0.15, 0.2) is 24.3 Å². The van der Waals surface area contributed by atoms with Crippen LogP contribution in [0.1, 0.15) is 25.7 Å². The zero-order valence-corrected chi connectivity index (χ0v) is 12.9. The zero-order valence-electron chi connectivity index (χ0n) is 12.9. The van der Waals surface area contributed by atoms with Gasteiger partial charge in [-0.3, -0.25) is 0 Å². The molecule has 2 heterocycles. The van der Waals surface area contributed by atoms with E-state index >= 15 is 0 Å². The quantitative estimate of drug-likeness (QED) is 0.749. The Bertz CT molecular complexity index is 549. The third kappa shape index (κ3) is 1.63. The topological polar surface area (TPSA) is 34.3 Å². The van der Waals surface area contributed by atoms with Gasteiger partial charge >= 0.3 is 0 Å². The lowest BCUT2D eigenvalue weighted by Gasteiger charge is -2.42. The van der Waals surface area contributed by atoms with Crippen molar-refractivity contribution in [2.45, 2.75) is 49.6 Å². The zero-order chi connectivity index (χ0) is 14.3. The first-order valence-corrected chi connectivity index (χ1v) is 9.11. The van der Waals surface area contributed by atoms with E-state index in [9.17, 15) is 0 Å². The summed E-state index contributed by atoms with van der Waals surface area (Å²) in [5, 5.41) is 0. The van der Waals surface area contributed by atoms with Gasteiger partial charge in [-0.1, -0.05) is 24.3 Å². The molecule has 2 saturated heterocycles. The number of hydrogen-bond donors (Lipinski definition) is 0. The molecule has 0 amide bonds. The van der Waals surface area contributed by atoms with Gasteiger partial charge in [-0.25, -0.2) is 0 Å². The Morgan fingerprint density at radius 1 is 1.09 bits per heavy atom. The summed E-state index contributed by atoms with van der Waals surface area (Å²) in [7, 11) is 0. The van der Waals surface area contributed by atoms with Gasteiger partial charge in [0, 0.05) is 0 Å². The first-order chi connectivity index (χ1) is 10.9. The Balaban J connectivity index is 1.31. The fourth-order valence-electron chi connectivity index (χ4n) is 6.46. The first-order valence-electron chi connectivity index (χ1n) is 9.11. The molecular weight excluding hydrogens is 276 g/mol. The summed E-state index contributed by atoms with van der Waals surface area (Å²) in [4.78, 5) is 0. The third-order valence-corrected chi connectivity index (χ3v) is 7.39. The van der Waals surface area contributed by atoms with Crippen LogP contribution in [0, 0.1) is 29.6 Å². The molecule has 4 aliphatic carbocycles. The normalized spacial score (nSPS) is 59.6. The Labute approximate surface area is 131 Å². The van der Waals surface area contributed by atoms with Gasteiger partial charge in [0.1, 0.15) is 6.10 Å². The molecule has 9 atom stereocenters. The van der Waals surface area contributed by atoms with Crippen molar-refractivity contribution in [2.24, 2.45) is 29.6 Å². The fourth-order valence-corrected chi connectivity index (χ4v) is 6.46. The first kappa shape index (κ1) is 12.7. The highest BCUT2D eigenvalue weighted by molar-refractivity contribution is 5.25. The van der Waals surface area contributed by atoms with E-state index < -0.39 is 0 Å². The minimum Gasteiger partial charge on any atom is -0.371 e. The molecule has 6 rings (SSSR count). The van der Waals surface area contributed by atoms with E-state index in [1.807, 2.05) is 0 Å². The third-order valence-electron chi connectivity index (χ3n) is 7.39. The van der Waals surface area contributed by atoms with Crippen LogP contribution in [0.3, 0.4) is 0 Å². The van der Waals surface area contributed by atoms with Crippen molar-refractivity contribution >= 4 is 0 Å². The Morgan fingerprint density at radius 3 is 2.82 bits per heavy atom. The molecule has 3 nitrogen and oxygen atoms in total. The Morgan fingerprint density at radius 2 is 2.00 bits per heavy atom. The number of fused-ring (bicyclic) bond motifs is 8. The highest BCUT2D eigenvalue weighted by Crippen LogP contribution is 2.69. The van der Waals surface area contributed by atoms with Crippen molar-refractivity contribution in [3.8, 4) is 0 Å². The van der Waals surface area contributed by atoms with Crippen molar-refractivity contribution in [1.82, 2.24) is 0 Å².